The number of hydrogen-bond donors (Lipinski definition) is 2. The van der Waals surface area contributed by atoms with E-state index in [1.165, 1.54) is 0 Å². The first-order chi connectivity index (χ1) is 9.68. The number of rotatable bonds is 1. The normalized spacial score (nSPS) is 21.1. The lowest BCUT2D eigenvalue weighted by molar-refractivity contribution is -0.148. The minimum atomic E-state index is -0.768. The molecular formula is C14H23N3O3. The number of likely N-dealkylation sites (tertiary alicyclic amines) is 1. The van der Waals surface area contributed by atoms with Crippen molar-refractivity contribution in [2.75, 3.05) is 26.2 Å². The molecule has 2 aliphatic rings. The summed E-state index contributed by atoms with van der Waals surface area (Å²) < 4.78 is 0. The Labute approximate surface area is 119 Å². The Morgan fingerprint density at radius 3 is 2.15 bits per heavy atom. The number of carbonyl (C=O) groups excluding carboxylic acids is 3. The standard InChI is InChI=1S/C14H23N3O3/c18-12(11-5-7-15-8-6-11)16-13(19)14(20)17-9-3-1-2-4-10-17/h11,15H,1-10H2,(H,16,18,19). The van der Waals surface area contributed by atoms with Crippen molar-refractivity contribution in [2.24, 2.45) is 5.92 Å². The van der Waals surface area contributed by atoms with Gasteiger partial charge < -0.3 is 10.2 Å². The highest BCUT2D eigenvalue weighted by Gasteiger charge is 2.27. The van der Waals surface area contributed by atoms with E-state index in [1.807, 2.05) is 0 Å². The Balaban J connectivity index is 1.83. The van der Waals surface area contributed by atoms with E-state index in [1.54, 1.807) is 4.90 Å². The Morgan fingerprint density at radius 1 is 0.950 bits per heavy atom. The van der Waals surface area contributed by atoms with Crippen LogP contribution in [-0.2, 0) is 14.4 Å². The van der Waals surface area contributed by atoms with Gasteiger partial charge in [0.05, 0.1) is 0 Å². The van der Waals surface area contributed by atoms with E-state index in [9.17, 15) is 14.4 Å². The van der Waals surface area contributed by atoms with E-state index in [-0.39, 0.29) is 11.8 Å². The summed E-state index contributed by atoms with van der Waals surface area (Å²) in [6, 6.07) is 0. The molecule has 0 aromatic rings. The fourth-order valence-electron chi connectivity index (χ4n) is 2.77. The molecule has 112 valence electrons. The third-order valence-electron chi connectivity index (χ3n) is 4.03. The topological polar surface area (TPSA) is 78.5 Å². The lowest BCUT2D eigenvalue weighted by Crippen LogP contribution is -2.48. The van der Waals surface area contributed by atoms with Gasteiger partial charge in [-0.3, -0.25) is 19.7 Å². The quantitative estimate of drug-likeness (QED) is 0.665. The van der Waals surface area contributed by atoms with Crippen molar-refractivity contribution in [3.8, 4) is 0 Å². The van der Waals surface area contributed by atoms with Gasteiger partial charge in [-0.25, -0.2) is 0 Å². The van der Waals surface area contributed by atoms with E-state index in [2.05, 4.69) is 10.6 Å². The highest BCUT2D eigenvalue weighted by Crippen LogP contribution is 2.12. The minimum Gasteiger partial charge on any atom is -0.334 e. The van der Waals surface area contributed by atoms with E-state index >= 15 is 0 Å². The number of nitrogens with one attached hydrogen (secondary N) is 2. The number of piperidine rings is 1. The summed E-state index contributed by atoms with van der Waals surface area (Å²) in [4.78, 5) is 37.4. The molecule has 0 aromatic heterocycles. The van der Waals surface area contributed by atoms with Gasteiger partial charge in [0.15, 0.2) is 0 Å². The fraction of sp³-hybridized carbons (Fsp3) is 0.786. The highest BCUT2D eigenvalue weighted by molar-refractivity contribution is 6.37. The Morgan fingerprint density at radius 2 is 1.55 bits per heavy atom. The molecule has 2 N–H and O–H groups in total. The second-order valence-corrected chi connectivity index (χ2v) is 5.55. The predicted molar refractivity (Wildman–Crippen MR) is 73.8 cm³/mol. The molecule has 0 unspecified atom stereocenters. The third-order valence-corrected chi connectivity index (χ3v) is 4.03. The summed E-state index contributed by atoms with van der Waals surface area (Å²) in [5.41, 5.74) is 0. The van der Waals surface area contributed by atoms with Crippen LogP contribution in [0.5, 0.6) is 0 Å². The van der Waals surface area contributed by atoms with Crippen LogP contribution in [0.15, 0.2) is 0 Å². The van der Waals surface area contributed by atoms with Crippen molar-refractivity contribution < 1.29 is 14.4 Å². The molecule has 6 nitrogen and oxygen atoms in total. The van der Waals surface area contributed by atoms with Crippen LogP contribution in [0.25, 0.3) is 0 Å². The van der Waals surface area contributed by atoms with E-state index in [0.717, 1.165) is 51.6 Å². The average Bonchev–Trinajstić information content (AvgIpc) is 2.76. The number of carbonyl (C=O) groups is 3. The van der Waals surface area contributed by atoms with Crippen LogP contribution in [0.3, 0.4) is 0 Å². The highest BCUT2D eigenvalue weighted by atomic mass is 16.2. The molecule has 2 fully saturated rings. The fourth-order valence-corrected chi connectivity index (χ4v) is 2.77. The minimum absolute atomic E-state index is 0.155. The maximum atomic E-state index is 12.0. The predicted octanol–water partition coefficient (Wildman–Crippen LogP) is 0.0314. The van der Waals surface area contributed by atoms with Crippen molar-refractivity contribution in [1.82, 2.24) is 15.5 Å². The van der Waals surface area contributed by atoms with Gasteiger partial charge in [0.2, 0.25) is 5.91 Å². The first-order valence-corrected chi connectivity index (χ1v) is 7.53. The smallest absolute Gasteiger partial charge is 0.316 e. The molecule has 2 saturated heterocycles. The second-order valence-electron chi connectivity index (χ2n) is 5.55. The Hall–Kier alpha value is -1.43. The molecule has 0 spiro atoms. The summed E-state index contributed by atoms with van der Waals surface area (Å²) in [6.07, 6.45) is 5.50. The average molecular weight is 281 g/mol. The SMILES string of the molecule is O=C(NC(=O)C1CCNCC1)C(=O)N1CCCCCC1. The molecule has 2 rings (SSSR count). The molecule has 0 aromatic carbocycles. The van der Waals surface area contributed by atoms with Crippen LogP contribution < -0.4 is 10.6 Å². The summed E-state index contributed by atoms with van der Waals surface area (Å²) in [5.74, 6) is -1.79. The van der Waals surface area contributed by atoms with Crippen molar-refractivity contribution in [2.45, 2.75) is 38.5 Å². The zero-order valence-electron chi connectivity index (χ0n) is 11.8. The van der Waals surface area contributed by atoms with Gasteiger partial charge in [0.25, 0.3) is 0 Å². The van der Waals surface area contributed by atoms with Crippen LogP contribution in [-0.4, -0.2) is 48.8 Å². The lowest BCUT2D eigenvalue weighted by atomic mass is 9.97. The number of imide groups is 1. The number of hydrogen-bond acceptors (Lipinski definition) is 4. The summed E-state index contributed by atoms with van der Waals surface area (Å²) in [6.45, 7) is 2.81. The first-order valence-electron chi connectivity index (χ1n) is 7.53. The molecule has 0 bridgehead atoms. The molecule has 3 amide bonds. The van der Waals surface area contributed by atoms with Crippen LogP contribution in [0.2, 0.25) is 0 Å². The summed E-state index contributed by atoms with van der Waals surface area (Å²) in [5, 5.41) is 5.43. The molecule has 0 atom stereocenters. The van der Waals surface area contributed by atoms with Gasteiger partial charge >= 0.3 is 11.8 Å². The Kier molecular flexibility index (Phi) is 5.52. The van der Waals surface area contributed by atoms with Gasteiger partial charge in [-0.05, 0) is 38.8 Å². The summed E-state index contributed by atoms with van der Waals surface area (Å²) >= 11 is 0. The van der Waals surface area contributed by atoms with E-state index in [0.29, 0.717) is 13.1 Å². The monoisotopic (exact) mass is 281 g/mol. The van der Waals surface area contributed by atoms with Gasteiger partial charge in [0.1, 0.15) is 0 Å². The summed E-state index contributed by atoms with van der Waals surface area (Å²) in [7, 11) is 0. The van der Waals surface area contributed by atoms with Crippen LogP contribution in [0.1, 0.15) is 38.5 Å². The molecule has 0 aliphatic carbocycles. The molecule has 0 saturated carbocycles. The van der Waals surface area contributed by atoms with Gasteiger partial charge in [-0.2, -0.15) is 0 Å². The molecule has 6 heteroatoms. The molecular weight excluding hydrogens is 258 g/mol. The first kappa shape index (κ1) is 15.0. The maximum Gasteiger partial charge on any atom is 0.316 e. The van der Waals surface area contributed by atoms with Crippen LogP contribution in [0, 0.1) is 5.92 Å². The molecule has 2 heterocycles. The van der Waals surface area contributed by atoms with Crippen LogP contribution in [0.4, 0.5) is 0 Å². The zero-order valence-corrected chi connectivity index (χ0v) is 11.8. The van der Waals surface area contributed by atoms with E-state index < -0.39 is 11.8 Å². The van der Waals surface area contributed by atoms with Gasteiger partial charge in [-0.1, -0.05) is 12.8 Å². The molecule has 20 heavy (non-hydrogen) atoms. The molecule has 2 aliphatic heterocycles. The van der Waals surface area contributed by atoms with Crippen LogP contribution >= 0.6 is 0 Å². The molecule has 0 radical (unpaired) electrons. The zero-order chi connectivity index (χ0) is 14.4. The van der Waals surface area contributed by atoms with Gasteiger partial charge in [-0.15, -0.1) is 0 Å². The van der Waals surface area contributed by atoms with Gasteiger partial charge in [0, 0.05) is 19.0 Å². The van der Waals surface area contributed by atoms with Crippen molar-refractivity contribution >= 4 is 17.7 Å². The maximum absolute atomic E-state index is 12.0. The van der Waals surface area contributed by atoms with Crippen molar-refractivity contribution in [3.05, 3.63) is 0 Å². The lowest BCUT2D eigenvalue weighted by Gasteiger charge is -2.22. The second kappa shape index (κ2) is 7.38. The van der Waals surface area contributed by atoms with Crippen molar-refractivity contribution in [1.29, 1.82) is 0 Å². The largest absolute Gasteiger partial charge is 0.334 e. The number of nitrogens with zero attached hydrogens (tertiary/aromatic N) is 1. The van der Waals surface area contributed by atoms with Crippen molar-refractivity contribution in [3.63, 3.8) is 0 Å². The Bertz CT molecular complexity index is 370. The van der Waals surface area contributed by atoms with E-state index in [4.69, 9.17) is 0 Å². The third kappa shape index (κ3) is 4.03. The number of amides is 3.